The molecule has 1 saturated heterocycles. The number of hydrogen-bond acceptors (Lipinski definition) is 11. The molecule has 0 saturated carbocycles. The Kier molecular flexibility index (Phi) is 5.55. The topological polar surface area (TPSA) is 165 Å². The van der Waals surface area contributed by atoms with Crippen molar-refractivity contribution in [2.75, 3.05) is 12.3 Å². The van der Waals surface area contributed by atoms with Crippen LogP contribution < -0.4 is 11.6 Å². The monoisotopic (exact) mass is 464 g/mol. The minimum absolute atomic E-state index is 0.0373. The number of hydrogen-bond donors (Lipinski definition) is 2. The first-order chi connectivity index (χ1) is 15.2. The third kappa shape index (κ3) is 3.89. The quantitative estimate of drug-likeness (QED) is 0.319. The van der Waals surface area contributed by atoms with Crippen LogP contribution in [0.25, 0.3) is 11.0 Å². The fourth-order valence-electron chi connectivity index (χ4n) is 3.32. The Hall–Kier alpha value is -3.53. The molecule has 0 amide bonds. The number of ether oxygens (including phenoxy) is 3. The molecule has 3 atom stereocenters. The number of nitrogen functional groups attached to an aromatic ring is 1. The highest BCUT2D eigenvalue weighted by Crippen LogP contribution is 2.39. The van der Waals surface area contributed by atoms with E-state index >= 15 is 0 Å². The first-order valence-corrected chi connectivity index (χ1v) is 9.62. The van der Waals surface area contributed by atoms with Gasteiger partial charge in [0.05, 0.1) is 5.39 Å². The fourth-order valence-corrected chi connectivity index (χ4v) is 3.49. The number of aliphatic hydroxyl groups is 1. The normalized spacial score (nSPS) is 22.7. The summed E-state index contributed by atoms with van der Waals surface area (Å²) in [5.41, 5.74) is 4.62. The molecule has 12 nitrogen and oxygen atoms in total. The molecule has 1 aliphatic rings. The Balaban J connectivity index is 1.44. The van der Waals surface area contributed by atoms with Gasteiger partial charge in [-0.25, -0.2) is 14.6 Å². The molecule has 0 spiro atoms. The second-order valence-electron chi connectivity index (χ2n) is 6.96. The summed E-state index contributed by atoms with van der Waals surface area (Å²) in [5, 5.41) is 11.1. The van der Waals surface area contributed by atoms with Crippen molar-refractivity contribution in [3.8, 4) is 12.3 Å². The predicted molar refractivity (Wildman–Crippen MR) is 107 cm³/mol. The molecule has 1 fully saturated rings. The van der Waals surface area contributed by atoms with E-state index in [0.29, 0.717) is 11.0 Å². The van der Waals surface area contributed by atoms with E-state index in [4.69, 9.17) is 42.4 Å². The van der Waals surface area contributed by atoms with E-state index in [2.05, 4.69) is 20.3 Å². The van der Waals surface area contributed by atoms with Crippen molar-refractivity contribution in [2.24, 2.45) is 0 Å². The number of nitrogens with zero attached hydrogens (tertiary/aromatic N) is 3. The Bertz CT molecular complexity index is 1270. The summed E-state index contributed by atoms with van der Waals surface area (Å²) in [4.78, 5) is 31.0. The third-order valence-electron chi connectivity index (χ3n) is 5.00. The van der Waals surface area contributed by atoms with E-state index in [1.165, 1.54) is 6.92 Å². The van der Waals surface area contributed by atoms with Crippen LogP contribution in [-0.4, -0.2) is 44.1 Å². The number of aryl methyl sites for hydroxylation is 1. The van der Waals surface area contributed by atoms with Crippen LogP contribution in [0.15, 0.2) is 25.9 Å². The SMILES string of the molecule is C#C[C@]1(COC(=O)OCc2oc(=O)oc2C)O[C@@H](n2ccc3c(N)nc(Cl)nc32)C[C@@H]1O. The molecule has 3 N–H and O–H groups in total. The zero-order valence-corrected chi connectivity index (χ0v) is 17.4. The smallest absolute Gasteiger partial charge is 0.430 e. The van der Waals surface area contributed by atoms with E-state index in [1.807, 2.05) is 0 Å². The van der Waals surface area contributed by atoms with Crippen molar-refractivity contribution < 1.29 is 32.9 Å². The van der Waals surface area contributed by atoms with Crippen LogP contribution >= 0.6 is 11.6 Å². The lowest BCUT2D eigenvalue weighted by Gasteiger charge is -2.25. The number of aromatic nitrogens is 3. The molecular weight excluding hydrogens is 448 g/mol. The van der Waals surface area contributed by atoms with Gasteiger partial charge in [0.1, 0.15) is 30.4 Å². The average molecular weight is 465 g/mol. The van der Waals surface area contributed by atoms with Gasteiger partial charge in [-0.15, -0.1) is 6.42 Å². The van der Waals surface area contributed by atoms with Gasteiger partial charge in [-0.3, -0.25) is 0 Å². The second kappa shape index (κ2) is 8.19. The number of aliphatic hydroxyl groups excluding tert-OH is 1. The maximum atomic E-state index is 12.0. The molecule has 0 aromatic carbocycles. The van der Waals surface area contributed by atoms with E-state index in [0.717, 1.165) is 0 Å². The molecule has 168 valence electrons. The van der Waals surface area contributed by atoms with E-state index in [-0.39, 0.29) is 35.6 Å². The zero-order valence-electron chi connectivity index (χ0n) is 16.6. The van der Waals surface area contributed by atoms with Crippen LogP contribution in [0.4, 0.5) is 10.6 Å². The van der Waals surface area contributed by atoms with E-state index < -0.39 is 36.5 Å². The Labute approximate surface area is 184 Å². The van der Waals surface area contributed by atoms with Crippen LogP contribution in [0.1, 0.15) is 24.2 Å². The standard InChI is InChI=1S/C19H17ClN4O8/c1-3-19(8-29-17(26)28-7-11-9(2)30-18(27)31-11)12(25)6-13(32-19)24-5-4-10-14(21)22-16(20)23-15(10)24/h1,4-5,12-13,25H,6-8H2,2H3,(H2,21,22,23)/t12-,13+,19+/m0/s1. The Morgan fingerprint density at radius 3 is 2.94 bits per heavy atom. The van der Waals surface area contributed by atoms with Gasteiger partial charge in [0.25, 0.3) is 0 Å². The predicted octanol–water partition coefficient (Wildman–Crippen LogP) is 1.53. The molecule has 0 aliphatic carbocycles. The van der Waals surface area contributed by atoms with Crippen LogP contribution in [0.3, 0.4) is 0 Å². The lowest BCUT2D eigenvalue weighted by atomic mass is 9.99. The molecule has 32 heavy (non-hydrogen) atoms. The summed E-state index contributed by atoms with van der Waals surface area (Å²) in [6, 6.07) is 1.68. The minimum Gasteiger partial charge on any atom is -0.430 e. The number of rotatable bonds is 5. The van der Waals surface area contributed by atoms with Gasteiger partial charge in [0, 0.05) is 12.6 Å². The van der Waals surface area contributed by atoms with Crippen molar-refractivity contribution in [3.63, 3.8) is 0 Å². The van der Waals surface area contributed by atoms with Gasteiger partial charge in [-0.05, 0) is 24.6 Å². The second-order valence-corrected chi connectivity index (χ2v) is 7.29. The summed E-state index contributed by atoms with van der Waals surface area (Å²) in [6.45, 7) is 0.593. The van der Waals surface area contributed by atoms with Crippen molar-refractivity contribution >= 4 is 34.6 Å². The summed E-state index contributed by atoms with van der Waals surface area (Å²) < 4.78 is 26.8. The molecule has 0 unspecified atom stereocenters. The van der Waals surface area contributed by atoms with Crippen LogP contribution in [0.5, 0.6) is 0 Å². The van der Waals surface area contributed by atoms with Gasteiger partial charge in [-0.2, -0.15) is 4.98 Å². The Morgan fingerprint density at radius 2 is 2.25 bits per heavy atom. The van der Waals surface area contributed by atoms with Gasteiger partial charge in [-0.1, -0.05) is 5.92 Å². The maximum absolute atomic E-state index is 12.0. The van der Waals surface area contributed by atoms with Crippen molar-refractivity contribution in [1.82, 2.24) is 14.5 Å². The van der Waals surface area contributed by atoms with Crippen molar-refractivity contribution in [3.05, 3.63) is 39.7 Å². The van der Waals surface area contributed by atoms with Gasteiger partial charge in [0.15, 0.2) is 23.7 Å². The molecular formula is C19H17ClN4O8. The van der Waals surface area contributed by atoms with Gasteiger partial charge < -0.3 is 38.5 Å². The number of terminal acetylenes is 1. The van der Waals surface area contributed by atoms with E-state index in [9.17, 15) is 14.7 Å². The highest BCUT2D eigenvalue weighted by molar-refractivity contribution is 6.28. The summed E-state index contributed by atoms with van der Waals surface area (Å²) in [5.74, 6) is 1.84. The van der Waals surface area contributed by atoms with Crippen LogP contribution in [-0.2, 0) is 20.8 Å². The lowest BCUT2D eigenvalue weighted by molar-refractivity contribution is -0.0986. The van der Waals surface area contributed by atoms with Gasteiger partial charge >= 0.3 is 12.0 Å². The number of carbonyl (C=O) groups excluding carboxylic acids is 1. The number of nitrogens with two attached hydrogens (primary N) is 1. The largest absolute Gasteiger partial charge is 0.519 e. The number of anilines is 1. The summed E-state index contributed by atoms with van der Waals surface area (Å²) in [7, 11) is 0. The van der Waals surface area contributed by atoms with Crippen molar-refractivity contribution in [2.45, 2.75) is 37.9 Å². The van der Waals surface area contributed by atoms with Crippen LogP contribution in [0, 0.1) is 19.3 Å². The lowest BCUT2D eigenvalue weighted by Crippen LogP contribution is -2.43. The Morgan fingerprint density at radius 1 is 1.47 bits per heavy atom. The number of halogens is 1. The molecule has 0 radical (unpaired) electrons. The van der Waals surface area contributed by atoms with E-state index in [1.54, 1.807) is 16.8 Å². The average Bonchev–Trinajstić information content (AvgIpc) is 3.40. The molecule has 4 rings (SSSR count). The fraction of sp³-hybridized carbons (Fsp3) is 0.368. The third-order valence-corrected chi connectivity index (χ3v) is 5.17. The molecule has 1 aliphatic heterocycles. The van der Waals surface area contributed by atoms with Gasteiger partial charge in [0.2, 0.25) is 5.28 Å². The highest BCUT2D eigenvalue weighted by atomic mass is 35.5. The minimum atomic E-state index is -1.64. The molecule has 3 aromatic heterocycles. The number of carbonyl (C=O) groups is 1. The zero-order chi connectivity index (χ0) is 23.0. The maximum Gasteiger partial charge on any atom is 0.519 e. The van der Waals surface area contributed by atoms with Crippen LogP contribution in [0.2, 0.25) is 5.28 Å². The first-order valence-electron chi connectivity index (χ1n) is 9.24. The molecule has 0 bridgehead atoms. The molecule has 3 aromatic rings. The number of fused-ring (bicyclic) bond motifs is 1. The summed E-state index contributed by atoms with van der Waals surface area (Å²) in [6.07, 6.45) is 4.30. The molecule has 4 heterocycles. The first kappa shape index (κ1) is 21.7. The van der Waals surface area contributed by atoms with Crippen molar-refractivity contribution in [1.29, 1.82) is 0 Å². The highest BCUT2D eigenvalue weighted by Gasteiger charge is 2.49. The summed E-state index contributed by atoms with van der Waals surface area (Å²) >= 11 is 5.90. The molecule has 13 heteroatoms.